The zero-order valence-electron chi connectivity index (χ0n) is 6.97. The molecule has 0 aromatic heterocycles. The van der Waals surface area contributed by atoms with Crippen LogP contribution in [0.4, 0.5) is 10.5 Å². The predicted octanol–water partition coefficient (Wildman–Crippen LogP) is 0.557. The summed E-state index contributed by atoms with van der Waals surface area (Å²) in [4.78, 5) is 20.5. The van der Waals surface area contributed by atoms with Crippen molar-refractivity contribution in [2.45, 2.75) is 0 Å². The van der Waals surface area contributed by atoms with Gasteiger partial charge in [0.25, 0.3) is 0 Å². The Kier molecular flexibility index (Phi) is 2.97. The average Bonchev–Trinajstić information content (AvgIpc) is 2.18. The lowest BCUT2D eigenvalue weighted by Gasteiger charge is -2.02. The summed E-state index contributed by atoms with van der Waals surface area (Å²) in [6.45, 7) is 0. The molecule has 0 saturated heterocycles. The van der Waals surface area contributed by atoms with E-state index in [1.165, 1.54) is 24.3 Å². The zero-order valence-corrected chi connectivity index (χ0v) is 6.97. The molecular weight excluding hydrogens is 190 g/mol. The first-order chi connectivity index (χ1) is 6.65. The number of nitro groups is 1. The summed E-state index contributed by atoms with van der Waals surface area (Å²) >= 11 is 0. The number of carbonyl (C=O) groups excluding carboxylic acids is 1. The molecule has 0 aliphatic heterocycles. The molecule has 1 amide bonds. The van der Waals surface area contributed by atoms with Crippen LogP contribution in [-0.4, -0.2) is 11.0 Å². The molecule has 0 spiro atoms. The Labute approximate surface area is 78.6 Å². The van der Waals surface area contributed by atoms with Crippen LogP contribution < -0.4 is 16.0 Å². The van der Waals surface area contributed by atoms with Gasteiger partial charge in [0.05, 0.1) is 4.92 Å². The monoisotopic (exact) mass is 197 g/mol. The quantitative estimate of drug-likeness (QED) is 0.311. The molecule has 0 aliphatic carbocycles. The molecule has 74 valence electrons. The number of rotatable bonds is 2. The van der Waals surface area contributed by atoms with Crippen molar-refractivity contribution in [2.75, 3.05) is 0 Å². The van der Waals surface area contributed by atoms with Gasteiger partial charge in [0.2, 0.25) is 5.75 Å². The van der Waals surface area contributed by atoms with E-state index in [1.807, 2.05) is 0 Å². The highest BCUT2D eigenvalue weighted by atomic mass is 16.6. The van der Waals surface area contributed by atoms with Crippen molar-refractivity contribution in [3.63, 3.8) is 0 Å². The number of nitrogens with one attached hydrogen (secondary N) is 1. The number of benzene rings is 1. The van der Waals surface area contributed by atoms with Crippen molar-refractivity contribution < 1.29 is 14.5 Å². The van der Waals surface area contributed by atoms with E-state index in [9.17, 15) is 14.9 Å². The van der Waals surface area contributed by atoms with Gasteiger partial charge in [0.1, 0.15) is 0 Å². The molecule has 7 heteroatoms. The predicted molar refractivity (Wildman–Crippen MR) is 46.4 cm³/mol. The lowest BCUT2D eigenvalue weighted by molar-refractivity contribution is -0.385. The molecule has 0 saturated carbocycles. The third kappa shape index (κ3) is 2.17. The average molecular weight is 197 g/mol. The minimum atomic E-state index is -0.959. The van der Waals surface area contributed by atoms with Gasteiger partial charge >= 0.3 is 11.8 Å². The van der Waals surface area contributed by atoms with Crippen LogP contribution in [0, 0.1) is 10.1 Å². The van der Waals surface area contributed by atoms with Crippen LogP contribution in [0.2, 0.25) is 0 Å². The number of hydrogen-bond acceptors (Lipinski definition) is 5. The molecule has 0 unspecified atom stereocenters. The fourth-order valence-electron chi connectivity index (χ4n) is 0.824. The molecule has 0 atom stereocenters. The SMILES string of the molecule is NNC(=O)Oc1ccccc1[N+](=O)[O-]. The number of nitrogens with two attached hydrogens (primary N) is 1. The van der Waals surface area contributed by atoms with Crippen LogP contribution in [0.1, 0.15) is 0 Å². The lowest BCUT2D eigenvalue weighted by atomic mass is 10.3. The maximum atomic E-state index is 10.7. The number of hydrazine groups is 1. The molecule has 0 aliphatic rings. The number of hydrogen-bond donors (Lipinski definition) is 2. The van der Waals surface area contributed by atoms with E-state index in [1.54, 1.807) is 5.43 Å². The van der Waals surface area contributed by atoms with Gasteiger partial charge in [-0.05, 0) is 6.07 Å². The summed E-state index contributed by atoms with van der Waals surface area (Å²) in [6.07, 6.45) is -0.959. The summed E-state index contributed by atoms with van der Waals surface area (Å²) in [6, 6.07) is 5.49. The first-order valence-corrected chi connectivity index (χ1v) is 3.57. The number of amides is 1. The van der Waals surface area contributed by atoms with E-state index in [0.717, 1.165) is 0 Å². The summed E-state index contributed by atoms with van der Waals surface area (Å²) in [5.41, 5.74) is 1.40. The first-order valence-electron chi connectivity index (χ1n) is 3.57. The van der Waals surface area contributed by atoms with Gasteiger partial charge in [-0.1, -0.05) is 12.1 Å². The second-order valence-electron chi connectivity index (χ2n) is 2.26. The molecule has 1 aromatic rings. The van der Waals surface area contributed by atoms with Crippen LogP contribution in [0.5, 0.6) is 5.75 Å². The Morgan fingerprint density at radius 2 is 2.14 bits per heavy atom. The molecule has 0 radical (unpaired) electrons. The van der Waals surface area contributed by atoms with Crippen molar-refractivity contribution in [1.29, 1.82) is 0 Å². The van der Waals surface area contributed by atoms with E-state index in [-0.39, 0.29) is 11.4 Å². The highest BCUT2D eigenvalue weighted by Crippen LogP contribution is 2.25. The van der Waals surface area contributed by atoms with Gasteiger partial charge in [-0.15, -0.1) is 0 Å². The normalized spacial score (nSPS) is 9.21. The van der Waals surface area contributed by atoms with E-state index in [4.69, 9.17) is 5.84 Å². The molecule has 1 rings (SSSR count). The van der Waals surface area contributed by atoms with E-state index in [2.05, 4.69) is 4.74 Å². The van der Waals surface area contributed by atoms with E-state index in [0.29, 0.717) is 0 Å². The number of para-hydroxylation sites is 2. The fraction of sp³-hybridized carbons (Fsp3) is 0. The van der Waals surface area contributed by atoms with Gasteiger partial charge in [0, 0.05) is 6.07 Å². The third-order valence-corrected chi connectivity index (χ3v) is 1.38. The highest BCUT2D eigenvalue weighted by Gasteiger charge is 2.15. The smallest absolute Gasteiger partial charge is 0.402 e. The topological polar surface area (TPSA) is 107 Å². The number of ether oxygens (including phenoxy) is 1. The molecule has 0 fully saturated rings. The summed E-state index contributed by atoms with van der Waals surface area (Å²) in [5, 5.41) is 10.5. The standard InChI is InChI=1S/C7H7N3O4/c8-9-7(11)14-6-4-2-1-3-5(6)10(12)13/h1-4H,8H2,(H,9,11). The number of carbonyl (C=O) groups is 1. The van der Waals surface area contributed by atoms with Gasteiger partial charge < -0.3 is 4.74 Å². The molecule has 14 heavy (non-hydrogen) atoms. The van der Waals surface area contributed by atoms with Crippen molar-refractivity contribution in [1.82, 2.24) is 5.43 Å². The minimum Gasteiger partial charge on any atom is -0.402 e. The fourth-order valence-corrected chi connectivity index (χ4v) is 0.824. The Morgan fingerprint density at radius 3 is 2.71 bits per heavy atom. The van der Waals surface area contributed by atoms with Crippen molar-refractivity contribution >= 4 is 11.8 Å². The van der Waals surface area contributed by atoms with Crippen molar-refractivity contribution in [3.8, 4) is 5.75 Å². The van der Waals surface area contributed by atoms with Gasteiger partial charge in [-0.3, -0.25) is 15.5 Å². The van der Waals surface area contributed by atoms with Crippen LogP contribution in [0.3, 0.4) is 0 Å². The Bertz CT molecular complexity index is 366. The van der Waals surface area contributed by atoms with Crippen molar-refractivity contribution in [3.05, 3.63) is 34.4 Å². The number of nitro benzene ring substituents is 1. The summed E-state index contributed by atoms with van der Waals surface area (Å²) in [7, 11) is 0. The second-order valence-corrected chi connectivity index (χ2v) is 2.26. The molecule has 1 aromatic carbocycles. The van der Waals surface area contributed by atoms with Crippen LogP contribution in [-0.2, 0) is 0 Å². The molecule has 0 bridgehead atoms. The van der Waals surface area contributed by atoms with Gasteiger partial charge in [-0.25, -0.2) is 10.6 Å². The highest BCUT2D eigenvalue weighted by molar-refractivity contribution is 5.71. The zero-order chi connectivity index (χ0) is 10.6. The second kappa shape index (κ2) is 4.19. The number of nitrogens with zero attached hydrogens (tertiary/aromatic N) is 1. The Hall–Kier alpha value is -2.15. The van der Waals surface area contributed by atoms with Crippen LogP contribution in [0.25, 0.3) is 0 Å². The van der Waals surface area contributed by atoms with E-state index < -0.39 is 11.0 Å². The van der Waals surface area contributed by atoms with Crippen LogP contribution >= 0.6 is 0 Å². The van der Waals surface area contributed by atoms with Gasteiger partial charge in [0.15, 0.2) is 0 Å². The molecule has 7 nitrogen and oxygen atoms in total. The Balaban J connectivity index is 2.95. The molecule has 0 heterocycles. The first kappa shape index (κ1) is 9.93. The minimum absolute atomic E-state index is 0.152. The van der Waals surface area contributed by atoms with Gasteiger partial charge in [-0.2, -0.15) is 0 Å². The lowest BCUT2D eigenvalue weighted by Crippen LogP contribution is -2.32. The maximum Gasteiger partial charge on any atom is 0.427 e. The van der Waals surface area contributed by atoms with Crippen LogP contribution in [0.15, 0.2) is 24.3 Å². The molecule has 3 N–H and O–H groups in total. The Morgan fingerprint density at radius 1 is 1.50 bits per heavy atom. The maximum absolute atomic E-state index is 10.7. The molecular formula is C7H7N3O4. The summed E-state index contributed by atoms with van der Waals surface area (Å²) in [5.74, 6) is 4.60. The largest absolute Gasteiger partial charge is 0.427 e. The summed E-state index contributed by atoms with van der Waals surface area (Å²) < 4.78 is 4.54. The van der Waals surface area contributed by atoms with E-state index >= 15 is 0 Å². The third-order valence-electron chi connectivity index (χ3n) is 1.38. The van der Waals surface area contributed by atoms with Crippen molar-refractivity contribution in [2.24, 2.45) is 5.84 Å².